The van der Waals surface area contributed by atoms with Crippen LogP contribution in [0.25, 0.3) is 0 Å². The first-order chi connectivity index (χ1) is 13.6. The summed E-state index contributed by atoms with van der Waals surface area (Å²) in [5.41, 5.74) is 1.38. The van der Waals surface area contributed by atoms with E-state index in [1.807, 2.05) is 13.8 Å². The van der Waals surface area contributed by atoms with Gasteiger partial charge in [-0.3, -0.25) is 9.59 Å². The summed E-state index contributed by atoms with van der Waals surface area (Å²) in [4.78, 5) is 24.6. The molecule has 0 unspecified atom stereocenters. The second-order valence-electron chi connectivity index (χ2n) is 6.79. The zero-order valence-corrected chi connectivity index (χ0v) is 17.8. The first-order valence-electron chi connectivity index (χ1n) is 9.30. The predicted molar refractivity (Wildman–Crippen MR) is 111 cm³/mol. The minimum Gasteiger partial charge on any atom is -0.379 e. The molecule has 0 spiro atoms. The summed E-state index contributed by atoms with van der Waals surface area (Å²) in [6.07, 6.45) is 0.847. The molecule has 156 valence electrons. The predicted octanol–water partition coefficient (Wildman–Crippen LogP) is 3.56. The monoisotopic (exact) mass is 418 g/mol. The van der Waals surface area contributed by atoms with E-state index in [4.69, 9.17) is 4.18 Å². The minimum atomic E-state index is -4.00. The summed E-state index contributed by atoms with van der Waals surface area (Å²) in [6.45, 7) is 7.36. The van der Waals surface area contributed by atoms with Crippen molar-refractivity contribution in [1.82, 2.24) is 4.90 Å². The molecule has 0 aliphatic carbocycles. The Morgan fingerprint density at radius 3 is 2.10 bits per heavy atom. The number of amides is 2. The van der Waals surface area contributed by atoms with Crippen molar-refractivity contribution in [2.75, 3.05) is 5.32 Å². The second kappa shape index (κ2) is 9.56. The molecular formula is C21H26N2O5S. The number of hydrogen-bond acceptors (Lipinski definition) is 5. The van der Waals surface area contributed by atoms with E-state index in [9.17, 15) is 18.0 Å². The lowest BCUT2D eigenvalue weighted by Gasteiger charge is -2.27. The molecule has 2 aromatic carbocycles. The summed E-state index contributed by atoms with van der Waals surface area (Å²) in [5, 5.41) is 2.57. The van der Waals surface area contributed by atoms with Gasteiger partial charge in [0.2, 0.25) is 11.8 Å². The Kier molecular flexibility index (Phi) is 7.39. The van der Waals surface area contributed by atoms with Crippen LogP contribution >= 0.6 is 0 Å². The Labute approximate surface area is 171 Å². The van der Waals surface area contributed by atoms with Gasteiger partial charge in [-0.25, -0.2) is 0 Å². The maximum absolute atomic E-state index is 12.5. The molecule has 0 radical (unpaired) electrons. The van der Waals surface area contributed by atoms with Crippen LogP contribution < -0.4 is 9.50 Å². The topological polar surface area (TPSA) is 92.8 Å². The number of carbonyl (C=O) groups excluding carboxylic acids is 2. The standard InChI is InChI=1S/C21H26N2O5S/c1-5-15(2)23(17(4)25)14-18-6-10-20(11-7-18)28-29(26,27)21-12-8-19(9-13-21)22-16(3)24/h6-13,15H,5,14H2,1-4H3,(H,22,24)/t15-/m1/s1. The quantitative estimate of drug-likeness (QED) is 0.662. The number of rotatable bonds is 8. The fourth-order valence-corrected chi connectivity index (χ4v) is 3.66. The molecule has 0 saturated heterocycles. The first-order valence-corrected chi connectivity index (χ1v) is 10.7. The van der Waals surface area contributed by atoms with Crippen molar-refractivity contribution < 1.29 is 22.2 Å². The number of anilines is 1. The van der Waals surface area contributed by atoms with E-state index in [2.05, 4.69) is 5.32 Å². The lowest BCUT2D eigenvalue weighted by Crippen LogP contribution is -2.36. The lowest BCUT2D eigenvalue weighted by atomic mass is 10.1. The van der Waals surface area contributed by atoms with Gasteiger partial charge in [0.25, 0.3) is 0 Å². The number of hydrogen-bond donors (Lipinski definition) is 1. The normalized spacial score (nSPS) is 12.1. The molecule has 0 aliphatic heterocycles. The van der Waals surface area contributed by atoms with Crippen LogP contribution in [0.4, 0.5) is 5.69 Å². The van der Waals surface area contributed by atoms with E-state index in [1.54, 1.807) is 29.2 Å². The molecule has 2 rings (SSSR count). The number of nitrogens with zero attached hydrogens (tertiary/aromatic N) is 1. The van der Waals surface area contributed by atoms with E-state index in [-0.39, 0.29) is 28.5 Å². The summed E-state index contributed by atoms with van der Waals surface area (Å²) < 4.78 is 30.1. The Morgan fingerprint density at radius 2 is 1.62 bits per heavy atom. The van der Waals surface area contributed by atoms with Crippen LogP contribution in [0.5, 0.6) is 5.75 Å². The van der Waals surface area contributed by atoms with Gasteiger partial charge in [0.15, 0.2) is 0 Å². The van der Waals surface area contributed by atoms with E-state index in [1.165, 1.54) is 38.1 Å². The van der Waals surface area contributed by atoms with Gasteiger partial charge < -0.3 is 14.4 Å². The van der Waals surface area contributed by atoms with Crippen LogP contribution in [0.15, 0.2) is 53.4 Å². The zero-order chi connectivity index (χ0) is 21.6. The largest absolute Gasteiger partial charge is 0.379 e. The summed E-state index contributed by atoms with van der Waals surface area (Å²) in [5.74, 6) is -0.0730. The number of nitrogens with one attached hydrogen (secondary N) is 1. The molecule has 0 heterocycles. The molecule has 0 fully saturated rings. The van der Waals surface area contributed by atoms with E-state index < -0.39 is 10.1 Å². The van der Waals surface area contributed by atoms with Gasteiger partial charge in [0, 0.05) is 32.1 Å². The molecule has 1 N–H and O–H groups in total. The highest BCUT2D eigenvalue weighted by Crippen LogP contribution is 2.21. The van der Waals surface area contributed by atoms with E-state index in [0.29, 0.717) is 12.2 Å². The fourth-order valence-electron chi connectivity index (χ4n) is 2.73. The van der Waals surface area contributed by atoms with Gasteiger partial charge >= 0.3 is 10.1 Å². The van der Waals surface area contributed by atoms with Crippen LogP contribution in [-0.4, -0.2) is 31.2 Å². The second-order valence-corrected chi connectivity index (χ2v) is 8.34. The SMILES string of the molecule is CC[C@@H](C)N(Cc1ccc(OS(=O)(=O)c2ccc(NC(C)=O)cc2)cc1)C(C)=O. The molecule has 0 bridgehead atoms. The van der Waals surface area contributed by atoms with Crippen molar-refractivity contribution in [3.8, 4) is 5.75 Å². The van der Waals surface area contributed by atoms with Gasteiger partial charge in [0.05, 0.1) is 0 Å². The van der Waals surface area contributed by atoms with Gasteiger partial charge in [0.1, 0.15) is 10.6 Å². The fraction of sp³-hybridized carbons (Fsp3) is 0.333. The average Bonchev–Trinajstić information content (AvgIpc) is 2.66. The van der Waals surface area contributed by atoms with Crippen LogP contribution in [0, 0.1) is 0 Å². The third-order valence-corrected chi connectivity index (χ3v) is 5.73. The smallest absolute Gasteiger partial charge is 0.339 e. The van der Waals surface area contributed by atoms with Crippen molar-refractivity contribution >= 4 is 27.6 Å². The Hall–Kier alpha value is -2.87. The van der Waals surface area contributed by atoms with Crippen molar-refractivity contribution in [1.29, 1.82) is 0 Å². The summed E-state index contributed by atoms with van der Waals surface area (Å²) in [7, 11) is -4.00. The molecule has 2 aromatic rings. The van der Waals surface area contributed by atoms with Crippen LogP contribution in [0.3, 0.4) is 0 Å². The van der Waals surface area contributed by atoms with Crippen molar-refractivity contribution in [3.05, 3.63) is 54.1 Å². The van der Waals surface area contributed by atoms with E-state index in [0.717, 1.165) is 12.0 Å². The number of carbonyl (C=O) groups is 2. The van der Waals surface area contributed by atoms with Gasteiger partial charge in [-0.1, -0.05) is 19.1 Å². The molecule has 0 aliphatic rings. The average molecular weight is 419 g/mol. The lowest BCUT2D eigenvalue weighted by molar-refractivity contribution is -0.131. The zero-order valence-electron chi connectivity index (χ0n) is 17.0. The van der Waals surface area contributed by atoms with Crippen molar-refractivity contribution in [2.24, 2.45) is 0 Å². The van der Waals surface area contributed by atoms with Crippen molar-refractivity contribution in [3.63, 3.8) is 0 Å². The molecule has 8 heteroatoms. The van der Waals surface area contributed by atoms with Crippen LogP contribution in [-0.2, 0) is 26.3 Å². The first kappa shape index (κ1) is 22.4. The summed E-state index contributed by atoms with van der Waals surface area (Å²) in [6, 6.07) is 12.4. The van der Waals surface area contributed by atoms with Crippen molar-refractivity contribution in [2.45, 2.75) is 51.6 Å². The Morgan fingerprint density at radius 1 is 1.03 bits per heavy atom. The molecule has 2 amide bonds. The molecule has 0 aromatic heterocycles. The highest BCUT2D eigenvalue weighted by molar-refractivity contribution is 7.87. The maximum Gasteiger partial charge on any atom is 0.339 e. The molecular weight excluding hydrogens is 392 g/mol. The molecule has 29 heavy (non-hydrogen) atoms. The summed E-state index contributed by atoms with van der Waals surface area (Å²) >= 11 is 0. The highest BCUT2D eigenvalue weighted by atomic mass is 32.2. The van der Waals surface area contributed by atoms with Crippen LogP contribution in [0.2, 0.25) is 0 Å². The van der Waals surface area contributed by atoms with Gasteiger partial charge in [-0.05, 0) is 55.3 Å². The minimum absolute atomic E-state index is 0.00929. The Balaban J connectivity index is 2.09. The van der Waals surface area contributed by atoms with Crippen LogP contribution in [0.1, 0.15) is 39.7 Å². The van der Waals surface area contributed by atoms with Gasteiger partial charge in [-0.15, -0.1) is 0 Å². The van der Waals surface area contributed by atoms with Gasteiger partial charge in [-0.2, -0.15) is 8.42 Å². The highest BCUT2D eigenvalue weighted by Gasteiger charge is 2.18. The maximum atomic E-state index is 12.5. The molecule has 1 atom stereocenters. The third-order valence-electron chi connectivity index (χ3n) is 4.47. The third kappa shape index (κ3) is 6.32. The molecule has 0 saturated carbocycles. The molecule has 7 nitrogen and oxygen atoms in total. The Bertz CT molecular complexity index is 954. The number of benzene rings is 2. The van der Waals surface area contributed by atoms with E-state index >= 15 is 0 Å².